The molecule has 0 fully saturated rings. The van der Waals surface area contributed by atoms with E-state index < -0.39 is 0 Å². The number of nitrogen functional groups attached to an aromatic ring is 1. The van der Waals surface area contributed by atoms with E-state index in [2.05, 4.69) is 0 Å². The zero-order valence-electron chi connectivity index (χ0n) is 11.3. The number of nitrogens with zero attached hydrogens (tertiary/aromatic N) is 1. The van der Waals surface area contributed by atoms with E-state index in [1.54, 1.807) is 24.1 Å². The van der Waals surface area contributed by atoms with Gasteiger partial charge in [-0.1, -0.05) is 6.92 Å². The van der Waals surface area contributed by atoms with Gasteiger partial charge in [-0.25, -0.2) is 0 Å². The Morgan fingerprint density at radius 1 is 1.28 bits per heavy atom. The van der Waals surface area contributed by atoms with Gasteiger partial charge in [-0.15, -0.1) is 0 Å². The largest absolute Gasteiger partial charge is 0.493 e. The van der Waals surface area contributed by atoms with Crippen LogP contribution in [-0.2, 0) is 0 Å². The van der Waals surface area contributed by atoms with Crippen LogP contribution in [0.15, 0.2) is 12.1 Å². The Morgan fingerprint density at radius 3 is 2.33 bits per heavy atom. The number of rotatable bonds is 5. The number of hydrogen-bond donors (Lipinski definition) is 1. The van der Waals surface area contributed by atoms with Crippen LogP contribution in [0.25, 0.3) is 0 Å². The first-order chi connectivity index (χ1) is 8.54. The zero-order chi connectivity index (χ0) is 13.7. The molecule has 0 unspecified atom stereocenters. The highest BCUT2D eigenvalue weighted by Crippen LogP contribution is 2.32. The fraction of sp³-hybridized carbons (Fsp3) is 0.462. The lowest BCUT2D eigenvalue weighted by atomic mass is 10.1. The minimum Gasteiger partial charge on any atom is -0.493 e. The normalized spacial score (nSPS) is 10.0. The monoisotopic (exact) mass is 252 g/mol. The van der Waals surface area contributed by atoms with E-state index in [-0.39, 0.29) is 5.91 Å². The Hall–Kier alpha value is -1.91. The van der Waals surface area contributed by atoms with Gasteiger partial charge in [0.25, 0.3) is 5.91 Å². The molecule has 1 aromatic carbocycles. The summed E-state index contributed by atoms with van der Waals surface area (Å²) in [6.45, 7) is 2.70. The second-order valence-electron chi connectivity index (χ2n) is 4.02. The lowest BCUT2D eigenvalue weighted by molar-refractivity contribution is 0.0796. The van der Waals surface area contributed by atoms with Crippen molar-refractivity contribution in [1.82, 2.24) is 4.90 Å². The Kier molecular flexibility index (Phi) is 4.83. The molecule has 18 heavy (non-hydrogen) atoms. The minimum atomic E-state index is -0.115. The van der Waals surface area contributed by atoms with E-state index >= 15 is 0 Å². The zero-order valence-corrected chi connectivity index (χ0v) is 11.3. The molecule has 0 aliphatic heterocycles. The van der Waals surface area contributed by atoms with Crippen LogP contribution >= 0.6 is 0 Å². The summed E-state index contributed by atoms with van der Waals surface area (Å²) in [5, 5.41) is 0. The third-order valence-electron chi connectivity index (χ3n) is 2.69. The number of anilines is 1. The van der Waals surface area contributed by atoms with E-state index in [9.17, 15) is 4.79 Å². The summed E-state index contributed by atoms with van der Waals surface area (Å²) in [4.78, 5) is 13.8. The van der Waals surface area contributed by atoms with Crippen molar-refractivity contribution in [2.24, 2.45) is 0 Å². The van der Waals surface area contributed by atoms with Crippen molar-refractivity contribution in [3.8, 4) is 11.5 Å². The van der Waals surface area contributed by atoms with E-state index in [4.69, 9.17) is 15.2 Å². The van der Waals surface area contributed by atoms with Crippen molar-refractivity contribution < 1.29 is 14.3 Å². The second-order valence-corrected chi connectivity index (χ2v) is 4.02. The molecule has 2 N–H and O–H groups in total. The smallest absolute Gasteiger partial charge is 0.255 e. The van der Waals surface area contributed by atoms with Crippen LogP contribution in [0.3, 0.4) is 0 Å². The highest BCUT2D eigenvalue weighted by molar-refractivity contribution is 5.99. The number of nitrogens with two attached hydrogens (primary N) is 1. The van der Waals surface area contributed by atoms with Crippen LogP contribution in [-0.4, -0.2) is 38.6 Å². The molecule has 0 saturated carbocycles. The van der Waals surface area contributed by atoms with Crippen molar-refractivity contribution in [2.45, 2.75) is 13.3 Å². The molecule has 0 atom stereocenters. The minimum absolute atomic E-state index is 0.115. The van der Waals surface area contributed by atoms with Crippen LogP contribution in [0.2, 0.25) is 0 Å². The highest BCUT2D eigenvalue weighted by atomic mass is 16.5. The summed E-state index contributed by atoms with van der Waals surface area (Å²) in [5.41, 5.74) is 6.70. The molecule has 0 bridgehead atoms. The molecule has 1 aromatic rings. The van der Waals surface area contributed by atoms with E-state index in [1.807, 2.05) is 6.92 Å². The highest BCUT2D eigenvalue weighted by Gasteiger charge is 2.17. The molecule has 0 heterocycles. The molecule has 1 rings (SSSR count). The molecule has 5 heteroatoms. The molecular formula is C13H20N2O3. The molecule has 0 aromatic heterocycles. The number of carbonyl (C=O) groups excluding carboxylic acids is 1. The van der Waals surface area contributed by atoms with Crippen molar-refractivity contribution in [3.63, 3.8) is 0 Å². The first kappa shape index (κ1) is 14.2. The number of ether oxygens (including phenoxy) is 2. The molecular weight excluding hydrogens is 232 g/mol. The van der Waals surface area contributed by atoms with Crippen LogP contribution < -0.4 is 15.2 Å². The molecule has 5 nitrogen and oxygen atoms in total. The summed E-state index contributed by atoms with van der Waals surface area (Å²) < 4.78 is 10.3. The molecule has 0 saturated heterocycles. The molecule has 1 amide bonds. The third kappa shape index (κ3) is 2.85. The van der Waals surface area contributed by atoms with E-state index in [0.717, 1.165) is 6.42 Å². The van der Waals surface area contributed by atoms with Gasteiger partial charge < -0.3 is 20.1 Å². The molecule has 0 radical (unpaired) electrons. The standard InChI is InChI=1S/C13H20N2O3/c1-5-6-15(2)13(16)9-7-11(17-3)12(18-4)8-10(9)14/h7-8H,5-6,14H2,1-4H3. The second kappa shape index (κ2) is 6.14. The maximum absolute atomic E-state index is 12.2. The third-order valence-corrected chi connectivity index (χ3v) is 2.69. The van der Waals surface area contributed by atoms with E-state index in [1.165, 1.54) is 14.2 Å². The molecule has 0 aliphatic rings. The van der Waals surface area contributed by atoms with Crippen LogP contribution in [0.4, 0.5) is 5.69 Å². The molecule has 0 spiro atoms. The fourth-order valence-corrected chi connectivity index (χ4v) is 1.72. The quantitative estimate of drug-likeness (QED) is 0.811. The number of methoxy groups -OCH3 is 2. The van der Waals surface area contributed by atoms with Crippen molar-refractivity contribution in [1.29, 1.82) is 0 Å². The first-order valence-corrected chi connectivity index (χ1v) is 5.82. The Labute approximate surface area is 107 Å². The summed E-state index contributed by atoms with van der Waals surface area (Å²) in [7, 11) is 4.81. The van der Waals surface area contributed by atoms with Crippen molar-refractivity contribution in [3.05, 3.63) is 17.7 Å². The van der Waals surface area contributed by atoms with Crippen LogP contribution in [0.5, 0.6) is 11.5 Å². The summed E-state index contributed by atoms with van der Waals surface area (Å²) in [6, 6.07) is 3.22. The number of amides is 1. The predicted octanol–water partition coefficient (Wildman–Crippen LogP) is 1.77. The lowest BCUT2D eigenvalue weighted by Gasteiger charge is -2.18. The summed E-state index contributed by atoms with van der Waals surface area (Å²) in [5.74, 6) is 0.903. The van der Waals surface area contributed by atoms with Gasteiger partial charge in [0.1, 0.15) is 0 Å². The fourth-order valence-electron chi connectivity index (χ4n) is 1.72. The number of hydrogen-bond acceptors (Lipinski definition) is 4. The van der Waals surface area contributed by atoms with Crippen LogP contribution in [0.1, 0.15) is 23.7 Å². The maximum Gasteiger partial charge on any atom is 0.255 e. The molecule has 0 aliphatic carbocycles. The number of benzene rings is 1. The lowest BCUT2D eigenvalue weighted by Crippen LogP contribution is -2.28. The SMILES string of the molecule is CCCN(C)C(=O)c1cc(OC)c(OC)cc1N. The van der Waals surface area contributed by atoms with Crippen molar-refractivity contribution >= 4 is 11.6 Å². The Balaban J connectivity index is 3.13. The maximum atomic E-state index is 12.2. The van der Waals surface area contributed by atoms with Gasteiger partial charge in [0.2, 0.25) is 0 Å². The first-order valence-electron chi connectivity index (χ1n) is 5.82. The molecule has 100 valence electrons. The topological polar surface area (TPSA) is 64.8 Å². The van der Waals surface area contributed by atoms with Gasteiger partial charge in [-0.3, -0.25) is 4.79 Å². The average Bonchev–Trinajstić information content (AvgIpc) is 2.37. The van der Waals surface area contributed by atoms with Gasteiger partial charge in [-0.2, -0.15) is 0 Å². The van der Waals surface area contributed by atoms with Gasteiger partial charge in [0, 0.05) is 25.3 Å². The van der Waals surface area contributed by atoms with Gasteiger partial charge >= 0.3 is 0 Å². The van der Waals surface area contributed by atoms with Gasteiger partial charge in [0.15, 0.2) is 11.5 Å². The average molecular weight is 252 g/mol. The summed E-state index contributed by atoms with van der Waals surface area (Å²) >= 11 is 0. The predicted molar refractivity (Wildman–Crippen MR) is 71.2 cm³/mol. The van der Waals surface area contributed by atoms with Crippen LogP contribution in [0, 0.1) is 0 Å². The van der Waals surface area contributed by atoms with Gasteiger partial charge in [-0.05, 0) is 12.5 Å². The van der Waals surface area contributed by atoms with E-state index in [0.29, 0.717) is 29.3 Å². The number of carbonyl (C=O) groups is 1. The summed E-state index contributed by atoms with van der Waals surface area (Å²) in [6.07, 6.45) is 0.898. The Morgan fingerprint density at radius 2 is 1.83 bits per heavy atom. The Bertz CT molecular complexity index is 432. The van der Waals surface area contributed by atoms with Crippen molar-refractivity contribution in [2.75, 3.05) is 33.5 Å². The van der Waals surface area contributed by atoms with Gasteiger partial charge in [0.05, 0.1) is 19.8 Å².